The Hall–Kier alpha value is -3.02. The minimum Gasteiger partial charge on any atom is -0.355 e. The van der Waals surface area contributed by atoms with Crippen LogP contribution in [0.15, 0.2) is 53.3 Å². The molecular weight excluding hydrogens is 321 g/mol. The lowest BCUT2D eigenvalue weighted by molar-refractivity contribution is -0.120. The zero-order valence-corrected chi connectivity index (χ0v) is 13.8. The second-order valence-electron chi connectivity index (χ2n) is 5.78. The SMILES string of the molecule is Cn1c(CCNC(=O)Cc2ccccc2F)nc2ccccc2c1=O. The van der Waals surface area contributed by atoms with Gasteiger partial charge in [-0.05, 0) is 23.8 Å². The van der Waals surface area contributed by atoms with Gasteiger partial charge in [-0.25, -0.2) is 9.37 Å². The molecule has 0 aliphatic rings. The van der Waals surface area contributed by atoms with Crippen molar-refractivity contribution >= 4 is 16.8 Å². The highest BCUT2D eigenvalue weighted by molar-refractivity contribution is 5.79. The molecule has 1 amide bonds. The summed E-state index contributed by atoms with van der Waals surface area (Å²) in [5, 5.41) is 3.31. The number of fused-ring (bicyclic) bond motifs is 1. The highest BCUT2D eigenvalue weighted by Crippen LogP contribution is 2.08. The lowest BCUT2D eigenvalue weighted by atomic mass is 10.1. The lowest BCUT2D eigenvalue weighted by Crippen LogP contribution is -2.30. The van der Waals surface area contributed by atoms with Crippen molar-refractivity contribution in [2.75, 3.05) is 6.54 Å². The van der Waals surface area contributed by atoms with Crippen LogP contribution in [0.1, 0.15) is 11.4 Å². The van der Waals surface area contributed by atoms with E-state index in [9.17, 15) is 14.0 Å². The van der Waals surface area contributed by atoms with Gasteiger partial charge in [-0.3, -0.25) is 14.2 Å². The Morgan fingerprint density at radius 1 is 1.16 bits per heavy atom. The summed E-state index contributed by atoms with van der Waals surface area (Å²) < 4.78 is 15.0. The minimum atomic E-state index is -0.392. The molecule has 6 heteroatoms. The molecular formula is C19H18FN3O2. The monoisotopic (exact) mass is 339 g/mol. The molecule has 2 aromatic carbocycles. The van der Waals surface area contributed by atoms with Gasteiger partial charge in [0.15, 0.2) is 0 Å². The Kier molecular flexibility index (Phi) is 4.88. The van der Waals surface area contributed by atoms with Gasteiger partial charge in [0.2, 0.25) is 5.91 Å². The number of para-hydroxylation sites is 1. The van der Waals surface area contributed by atoms with Gasteiger partial charge < -0.3 is 5.32 Å². The quantitative estimate of drug-likeness (QED) is 0.773. The van der Waals surface area contributed by atoms with E-state index in [0.717, 1.165) is 0 Å². The Morgan fingerprint density at radius 2 is 1.88 bits per heavy atom. The molecule has 0 aliphatic carbocycles. The van der Waals surface area contributed by atoms with Gasteiger partial charge in [-0.1, -0.05) is 30.3 Å². The van der Waals surface area contributed by atoms with Crippen LogP contribution < -0.4 is 10.9 Å². The maximum absolute atomic E-state index is 13.6. The molecule has 5 nitrogen and oxygen atoms in total. The molecule has 1 aromatic heterocycles. The van der Waals surface area contributed by atoms with Crippen molar-refractivity contribution in [3.8, 4) is 0 Å². The van der Waals surface area contributed by atoms with Crippen molar-refractivity contribution in [1.82, 2.24) is 14.9 Å². The third-order valence-corrected chi connectivity index (χ3v) is 4.06. The number of benzene rings is 2. The molecule has 0 saturated carbocycles. The first-order valence-electron chi connectivity index (χ1n) is 8.01. The number of hydrogen-bond donors (Lipinski definition) is 1. The van der Waals surface area contributed by atoms with E-state index in [4.69, 9.17) is 0 Å². The maximum atomic E-state index is 13.6. The molecule has 1 heterocycles. The normalized spacial score (nSPS) is 10.8. The minimum absolute atomic E-state index is 0.0171. The second-order valence-corrected chi connectivity index (χ2v) is 5.78. The van der Waals surface area contributed by atoms with Crippen molar-refractivity contribution in [1.29, 1.82) is 0 Å². The van der Waals surface area contributed by atoms with Crippen LogP contribution >= 0.6 is 0 Å². The summed E-state index contributed by atoms with van der Waals surface area (Å²) in [5.74, 6) is -0.0676. The van der Waals surface area contributed by atoms with Gasteiger partial charge in [0.05, 0.1) is 17.3 Å². The first-order valence-corrected chi connectivity index (χ1v) is 8.01. The summed E-state index contributed by atoms with van der Waals surface area (Å²) in [6.45, 7) is 0.325. The fraction of sp³-hybridized carbons (Fsp3) is 0.211. The van der Waals surface area contributed by atoms with Crippen LogP contribution in [0.25, 0.3) is 10.9 Å². The highest BCUT2D eigenvalue weighted by Gasteiger charge is 2.10. The first kappa shape index (κ1) is 16.8. The number of hydrogen-bond acceptors (Lipinski definition) is 3. The molecule has 0 unspecified atom stereocenters. The largest absolute Gasteiger partial charge is 0.355 e. The predicted molar refractivity (Wildman–Crippen MR) is 93.8 cm³/mol. The lowest BCUT2D eigenvalue weighted by Gasteiger charge is -2.10. The number of aromatic nitrogens is 2. The number of amides is 1. The predicted octanol–water partition coefficient (Wildman–Crippen LogP) is 1.97. The van der Waals surface area contributed by atoms with Gasteiger partial charge in [-0.2, -0.15) is 0 Å². The Balaban J connectivity index is 1.65. The summed E-state index contributed by atoms with van der Waals surface area (Å²) in [5.41, 5.74) is 0.882. The summed E-state index contributed by atoms with van der Waals surface area (Å²) in [4.78, 5) is 28.8. The van der Waals surface area contributed by atoms with Crippen LogP contribution in [0.2, 0.25) is 0 Å². The van der Waals surface area contributed by atoms with Crippen LogP contribution in [0.4, 0.5) is 4.39 Å². The average Bonchev–Trinajstić information content (AvgIpc) is 2.61. The Labute approximate surface area is 144 Å². The smallest absolute Gasteiger partial charge is 0.261 e. The molecule has 3 aromatic rings. The molecule has 0 spiro atoms. The zero-order chi connectivity index (χ0) is 17.8. The van der Waals surface area contributed by atoms with E-state index in [1.54, 1.807) is 43.4 Å². The summed E-state index contributed by atoms with van der Waals surface area (Å²) in [6, 6.07) is 13.4. The van der Waals surface area contributed by atoms with E-state index >= 15 is 0 Å². The molecule has 0 radical (unpaired) electrons. The molecule has 0 atom stereocenters. The standard InChI is InChI=1S/C19H18FN3O2/c1-23-17(22-16-9-5-3-7-14(16)19(23)25)10-11-21-18(24)12-13-6-2-4-8-15(13)20/h2-9H,10-12H2,1H3,(H,21,24). The van der Waals surface area contributed by atoms with E-state index in [1.807, 2.05) is 6.07 Å². The fourth-order valence-electron chi connectivity index (χ4n) is 2.68. The van der Waals surface area contributed by atoms with Gasteiger partial charge in [0, 0.05) is 20.0 Å². The van der Waals surface area contributed by atoms with Crippen LogP contribution in [0.5, 0.6) is 0 Å². The van der Waals surface area contributed by atoms with E-state index in [0.29, 0.717) is 35.3 Å². The first-order chi connectivity index (χ1) is 12.1. The van der Waals surface area contributed by atoms with Crippen LogP contribution in [-0.4, -0.2) is 22.0 Å². The average molecular weight is 339 g/mol. The van der Waals surface area contributed by atoms with Gasteiger partial charge in [-0.15, -0.1) is 0 Å². The van der Waals surface area contributed by atoms with Crippen LogP contribution in [-0.2, 0) is 24.7 Å². The summed E-state index contributed by atoms with van der Waals surface area (Å²) >= 11 is 0. The molecule has 0 bridgehead atoms. The molecule has 0 aliphatic heterocycles. The fourth-order valence-corrected chi connectivity index (χ4v) is 2.68. The Morgan fingerprint density at radius 3 is 2.68 bits per heavy atom. The highest BCUT2D eigenvalue weighted by atomic mass is 19.1. The van der Waals surface area contributed by atoms with E-state index in [1.165, 1.54) is 10.6 Å². The van der Waals surface area contributed by atoms with Crippen molar-refractivity contribution in [3.05, 3.63) is 76.1 Å². The molecule has 3 rings (SSSR count). The molecule has 1 N–H and O–H groups in total. The topological polar surface area (TPSA) is 64.0 Å². The number of nitrogens with zero attached hydrogens (tertiary/aromatic N) is 2. The third-order valence-electron chi connectivity index (χ3n) is 4.06. The summed E-state index contributed by atoms with van der Waals surface area (Å²) in [7, 11) is 1.66. The number of carbonyl (C=O) groups excluding carboxylic acids is 1. The van der Waals surface area contributed by atoms with E-state index in [2.05, 4.69) is 10.3 Å². The van der Waals surface area contributed by atoms with Crippen LogP contribution in [0.3, 0.4) is 0 Å². The molecule has 25 heavy (non-hydrogen) atoms. The van der Waals surface area contributed by atoms with Gasteiger partial charge in [0.1, 0.15) is 11.6 Å². The Bertz CT molecular complexity index is 982. The van der Waals surface area contributed by atoms with Gasteiger partial charge in [0.25, 0.3) is 5.56 Å². The van der Waals surface area contributed by atoms with Crippen molar-refractivity contribution in [3.63, 3.8) is 0 Å². The number of nitrogens with one attached hydrogen (secondary N) is 1. The van der Waals surface area contributed by atoms with Gasteiger partial charge >= 0.3 is 0 Å². The number of halogens is 1. The maximum Gasteiger partial charge on any atom is 0.261 e. The van der Waals surface area contributed by atoms with Crippen molar-refractivity contribution < 1.29 is 9.18 Å². The van der Waals surface area contributed by atoms with Crippen molar-refractivity contribution in [2.24, 2.45) is 7.05 Å². The summed E-state index contributed by atoms with van der Waals surface area (Å²) in [6.07, 6.45) is 0.399. The number of carbonyl (C=O) groups is 1. The zero-order valence-electron chi connectivity index (χ0n) is 13.8. The van der Waals surface area contributed by atoms with E-state index in [-0.39, 0.29) is 17.9 Å². The number of rotatable bonds is 5. The van der Waals surface area contributed by atoms with E-state index < -0.39 is 5.82 Å². The molecule has 0 saturated heterocycles. The molecule has 0 fully saturated rings. The van der Waals surface area contributed by atoms with Crippen LogP contribution in [0, 0.1) is 5.82 Å². The third kappa shape index (κ3) is 3.74. The van der Waals surface area contributed by atoms with Crippen molar-refractivity contribution in [2.45, 2.75) is 12.8 Å². The molecule has 128 valence electrons. The second kappa shape index (κ2) is 7.25.